The normalized spacial score (nSPS) is 17.5. The molecule has 0 saturated carbocycles. The average Bonchev–Trinajstić information content (AvgIpc) is 2.94. The Morgan fingerprint density at radius 1 is 1.36 bits per heavy atom. The number of aryl methyl sites for hydroxylation is 1. The first-order chi connectivity index (χ1) is 10.7. The Hall–Kier alpha value is -1.72. The van der Waals surface area contributed by atoms with Gasteiger partial charge in [0.25, 0.3) is 0 Å². The number of rotatable bonds is 5. The van der Waals surface area contributed by atoms with Crippen LogP contribution >= 0.6 is 0 Å². The molecule has 22 heavy (non-hydrogen) atoms. The smallest absolute Gasteiger partial charge is 0.123 e. The van der Waals surface area contributed by atoms with Crippen molar-refractivity contribution in [2.45, 2.75) is 24.8 Å². The van der Waals surface area contributed by atoms with Crippen LogP contribution in [0, 0.1) is 5.82 Å². The molecule has 0 aliphatic carbocycles. The maximum Gasteiger partial charge on any atom is 0.123 e. The molecule has 0 bridgehead atoms. The van der Waals surface area contributed by atoms with Gasteiger partial charge in [0.2, 0.25) is 0 Å². The first kappa shape index (κ1) is 15.2. The Bertz CT molecular complexity index is 620. The number of nitrogens with one attached hydrogen (secondary N) is 1. The van der Waals surface area contributed by atoms with Gasteiger partial charge >= 0.3 is 0 Å². The second-order valence-electron chi connectivity index (χ2n) is 6.00. The molecule has 1 saturated heterocycles. The number of halogens is 1. The Kier molecular flexibility index (Phi) is 4.55. The highest BCUT2D eigenvalue weighted by Crippen LogP contribution is 2.34. The molecule has 0 atom stereocenters. The van der Waals surface area contributed by atoms with Crippen molar-refractivity contribution in [1.29, 1.82) is 0 Å². The third-order valence-electron chi connectivity index (χ3n) is 4.57. The highest BCUT2D eigenvalue weighted by Gasteiger charge is 2.34. The summed E-state index contributed by atoms with van der Waals surface area (Å²) in [6, 6.07) is 6.99. The van der Waals surface area contributed by atoms with Crippen LogP contribution in [0.2, 0.25) is 0 Å². The van der Waals surface area contributed by atoms with Gasteiger partial charge in [0, 0.05) is 45.0 Å². The zero-order valence-electron chi connectivity index (χ0n) is 12.9. The van der Waals surface area contributed by atoms with Gasteiger partial charge in [-0.3, -0.25) is 0 Å². The molecule has 5 heteroatoms. The van der Waals surface area contributed by atoms with E-state index in [4.69, 9.17) is 4.74 Å². The van der Waals surface area contributed by atoms with Crippen LogP contribution in [-0.4, -0.2) is 29.3 Å². The molecule has 0 radical (unpaired) electrons. The summed E-state index contributed by atoms with van der Waals surface area (Å²) in [4.78, 5) is 4.13. The third-order valence-corrected chi connectivity index (χ3v) is 4.57. The van der Waals surface area contributed by atoms with Gasteiger partial charge < -0.3 is 14.6 Å². The summed E-state index contributed by atoms with van der Waals surface area (Å²) < 4.78 is 21.1. The van der Waals surface area contributed by atoms with E-state index in [-0.39, 0.29) is 11.2 Å². The lowest BCUT2D eigenvalue weighted by atomic mass is 9.74. The molecule has 1 aliphatic heterocycles. The molecule has 1 N–H and O–H groups in total. The van der Waals surface area contributed by atoms with E-state index in [1.807, 2.05) is 23.9 Å². The lowest BCUT2D eigenvalue weighted by Gasteiger charge is -2.38. The van der Waals surface area contributed by atoms with Crippen molar-refractivity contribution in [3.05, 3.63) is 53.9 Å². The maximum atomic E-state index is 13.6. The summed E-state index contributed by atoms with van der Waals surface area (Å²) in [7, 11) is 1.99. The second-order valence-corrected chi connectivity index (χ2v) is 6.00. The van der Waals surface area contributed by atoms with Crippen molar-refractivity contribution < 1.29 is 9.13 Å². The highest BCUT2D eigenvalue weighted by molar-refractivity contribution is 5.27. The number of hydrogen-bond donors (Lipinski definition) is 1. The van der Waals surface area contributed by atoms with Crippen LogP contribution in [0.25, 0.3) is 0 Å². The Morgan fingerprint density at radius 3 is 2.86 bits per heavy atom. The number of nitrogens with zero attached hydrogens (tertiary/aromatic N) is 2. The van der Waals surface area contributed by atoms with Gasteiger partial charge in [-0.25, -0.2) is 9.37 Å². The molecular formula is C17H22FN3O. The predicted octanol–water partition coefficient (Wildman–Crippen LogP) is 2.40. The topological polar surface area (TPSA) is 39.1 Å². The molecule has 1 aromatic heterocycles. The van der Waals surface area contributed by atoms with E-state index in [0.29, 0.717) is 0 Å². The molecular weight excluding hydrogens is 281 g/mol. The van der Waals surface area contributed by atoms with E-state index in [1.54, 1.807) is 18.5 Å². The van der Waals surface area contributed by atoms with Crippen LogP contribution in [0.1, 0.15) is 24.1 Å². The first-order valence-electron chi connectivity index (χ1n) is 7.69. The quantitative estimate of drug-likeness (QED) is 0.922. The molecule has 3 rings (SSSR count). The van der Waals surface area contributed by atoms with E-state index in [2.05, 4.69) is 10.3 Å². The minimum absolute atomic E-state index is 0.0566. The van der Waals surface area contributed by atoms with Gasteiger partial charge in [-0.15, -0.1) is 0 Å². The molecule has 1 aromatic carbocycles. The van der Waals surface area contributed by atoms with Crippen molar-refractivity contribution >= 4 is 0 Å². The van der Waals surface area contributed by atoms with E-state index in [9.17, 15) is 4.39 Å². The van der Waals surface area contributed by atoms with Crippen molar-refractivity contribution in [3.8, 4) is 0 Å². The maximum absolute atomic E-state index is 13.6. The fraction of sp³-hybridized carbons (Fsp3) is 0.471. The number of aromatic nitrogens is 2. The lowest BCUT2D eigenvalue weighted by molar-refractivity contribution is 0.0496. The van der Waals surface area contributed by atoms with Crippen LogP contribution in [0.5, 0.6) is 0 Å². The van der Waals surface area contributed by atoms with Gasteiger partial charge in [-0.2, -0.15) is 0 Å². The minimum Gasteiger partial charge on any atom is -0.381 e. The van der Waals surface area contributed by atoms with Crippen LogP contribution in [0.15, 0.2) is 36.8 Å². The molecule has 0 spiro atoms. The molecule has 4 nitrogen and oxygen atoms in total. The van der Waals surface area contributed by atoms with Crippen LogP contribution in [0.3, 0.4) is 0 Å². The standard InChI is InChI=1S/C17H22FN3O/c1-21-13-20-11-16(21)10-19-12-17(5-7-22-8-6-17)14-3-2-4-15(18)9-14/h2-4,9,11,13,19H,5-8,10,12H2,1H3. The Morgan fingerprint density at radius 2 is 2.18 bits per heavy atom. The fourth-order valence-electron chi connectivity index (χ4n) is 3.13. The number of imidazole rings is 1. The van der Waals surface area contributed by atoms with E-state index < -0.39 is 0 Å². The molecule has 0 unspecified atom stereocenters. The summed E-state index contributed by atoms with van der Waals surface area (Å²) in [5, 5.41) is 3.52. The zero-order chi connectivity index (χ0) is 15.4. The van der Waals surface area contributed by atoms with E-state index in [0.717, 1.165) is 50.4 Å². The zero-order valence-corrected chi connectivity index (χ0v) is 12.9. The van der Waals surface area contributed by atoms with Crippen molar-refractivity contribution in [2.75, 3.05) is 19.8 Å². The van der Waals surface area contributed by atoms with Gasteiger partial charge in [0.1, 0.15) is 5.82 Å². The Balaban J connectivity index is 1.73. The summed E-state index contributed by atoms with van der Waals surface area (Å²) in [5.74, 6) is -0.171. The summed E-state index contributed by atoms with van der Waals surface area (Å²) in [6.45, 7) is 3.02. The lowest BCUT2D eigenvalue weighted by Crippen LogP contribution is -2.42. The van der Waals surface area contributed by atoms with Gasteiger partial charge in [-0.1, -0.05) is 12.1 Å². The largest absolute Gasteiger partial charge is 0.381 e. The van der Waals surface area contributed by atoms with Crippen molar-refractivity contribution in [2.24, 2.45) is 7.05 Å². The van der Waals surface area contributed by atoms with E-state index >= 15 is 0 Å². The molecule has 2 heterocycles. The third kappa shape index (κ3) is 3.20. The van der Waals surface area contributed by atoms with Crippen LogP contribution < -0.4 is 5.32 Å². The molecule has 1 fully saturated rings. The molecule has 0 amide bonds. The number of ether oxygens (including phenoxy) is 1. The fourth-order valence-corrected chi connectivity index (χ4v) is 3.13. The SMILES string of the molecule is Cn1cncc1CNCC1(c2cccc(F)c2)CCOCC1. The predicted molar refractivity (Wildman–Crippen MR) is 83.0 cm³/mol. The van der Waals surface area contributed by atoms with Crippen molar-refractivity contribution in [1.82, 2.24) is 14.9 Å². The second kappa shape index (κ2) is 6.58. The van der Waals surface area contributed by atoms with E-state index in [1.165, 1.54) is 6.07 Å². The monoisotopic (exact) mass is 303 g/mol. The van der Waals surface area contributed by atoms with Gasteiger partial charge in [0.15, 0.2) is 0 Å². The van der Waals surface area contributed by atoms with Crippen molar-refractivity contribution in [3.63, 3.8) is 0 Å². The average molecular weight is 303 g/mol. The number of benzene rings is 1. The van der Waals surface area contributed by atoms with Crippen LogP contribution in [-0.2, 0) is 23.7 Å². The van der Waals surface area contributed by atoms with Gasteiger partial charge in [0.05, 0.1) is 12.0 Å². The molecule has 118 valence electrons. The minimum atomic E-state index is -0.171. The van der Waals surface area contributed by atoms with Gasteiger partial charge in [-0.05, 0) is 30.5 Å². The Labute approximate surface area is 130 Å². The summed E-state index contributed by atoms with van der Waals surface area (Å²) in [6.07, 6.45) is 5.49. The number of hydrogen-bond acceptors (Lipinski definition) is 3. The summed E-state index contributed by atoms with van der Waals surface area (Å²) >= 11 is 0. The molecule has 2 aromatic rings. The summed E-state index contributed by atoms with van der Waals surface area (Å²) in [5.41, 5.74) is 2.15. The first-order valence-corrected chi connectivity index (χ1v) is 7.69. The molecule has 1 aliphatic rings. The van der Waals surface area contributed by atoms with Crippen LogP contribution in [0.4, 0.5) is 4.39 Å². The highest BCUT2D eigenvalue weighted by atomic mass is 19.1.